The highest BCUT2D eigenvalue weighted by molar-refractivity contribution is 6.10. The van der Waals surface area contributed by atoms with E-state index in [0.717, 1.165) is 42.7 Å². The number of phenolic OH excluding ortho intramolecular Hbond substituents is 1. The first-order chi connectivity index (χ1) is 22.4. The Morgan fingerprint density at radius 2 is 1.63 bits per heavy atom. The Kier molecular flexibility index (Phi) is 13.6. The lowest BCUT2D eigenvalue weighted by Gasteiger charge is -2.13. The molecule has 0 unspecified atom stereocenters. The maximum atomic E-state index is 12.3. The molecule has 1 aliphatic rings. The topological polar surface area (TPSA) is 125 Å². The SMILES string of the molecule is COc1cc(/C=C/C(=O)CC(=O)/C=C/c2ccc(OCCOCCCc3cncc(OC[C@@H]4CCCN4)c3)c(OC)c2)ccc1O. The predicted octanol–water partition coefficient (Wildman–Crippen LogP) is 5.22. The molecule has 1 aliphatic heterocycles. The molecule has 1 atom stereocenters. The van der Waals surface area contributed by atoms with Crippen molar-refractivity contribution in [2.45, 2.75) is 38.1 Å². The van der Waals surface area contributed by atoms with Crippen molar-refractivity contribution in [2.75, 3.05) is 47.2 Å². The Morgan fingerprint density at radius 3 is 2.35 bits per heavy atom. The smallest absolute Gasteiger partial charge is 0.163 e. The van der Waals surface area contributed by atoms with Crippen molar-refractivity contribution in [2.24, 2.45) is 0 Å². The number of hydrogen-bond donors (Lipinski definition) is 2. The molecule has 1 saturated heterocycles. The van der Waals surface area contributed by atoms with Crippen molar-refractivity contribution in [3.05, 3.63) is 83.7 Å². The zero-order valence-electron chi connectivity index (χ0n) is 26.4. The van der Waals surface area contributed by atoms with Crippen molar-refractivity contribution < 1.29 is 38.4 Å². The molecule has 0 spiro atoms. The third-order valence-electron chi connectivity index (χ3n) is 7.29. The zero-order chi connectivity index (χ0) is 32.6. The number of aryl methyl sites for hydroxylation is 1. The van der Waals surface area contributed by atoms with Crippen LogP contribution in [0.15, 0.2) is 67.0 Å². The number of nitrogens with one attached hydrogen (secondary N) is 1. The number of hydrogen-bond acceptors (Lipinski definition) is 10. The van der Waals surface area contributed by atoms with Crippen molar-refractivity contribution in [1.82, 2.24) is 10.3 Å². The molecule has 2 N–H and O–H groups in total. The van der Waals surface area contributed by atoms with Crippen LogP contribution in [0.25, 0.3) is 12.2 Å². The normalized spacial score (nSPS) is 14.5. The van der Waals surface area contributed by atoms with Crippen LogP contribution in [0.3, 0.4) is 0 Å². The van der Waals surface area contributed by atoms with Gasteiger partial charge in [-0.1, -0.05) is 24.3 Å². The van der Waals surface area contributed by atoms with Gasteiger partial charge in [-0.25, -0.2) is 0 Å². The average Bonchev–Trinajstić information content (AvgIpc) is 3.60. The first-order valence-corrected chi connectivity index (χ1v) is 15.4. The first kappa shape index (κ1) is 34.2. The number of carbonyl (C=O) groups excluding carboxylic acids is 2. The molecule has 1 aromatic heterocycles. The Bertz CT molecular complexity index is 1500. The standard InChI is InChI=1S/C36H42N2O8/c1-42-35-20-26(9-13-33(35)41)7-11-30(39)22-31(40)12-8-27-10-14-34(36(21-27)43-2)45-18-17-44-16-4-5-28-19-32(24-37-23-28)46-25-29-6-3-15-38-29/h7-14,19-21,23-24,29,38,41H,3-6,15-18,22,25H2,1-2H3/b11-7+,12-8+/t29-/m0/s1. The van der Waals surface area contributed by atoms with Crippen LogP contribution >= 0.6 is 0 Å². The van der Waals surface area contributed by atoms with E-state index in [1.54, 1.807) is 55.8 Å². The zero-order valence-corrected chi connectivity index (χ0v) is 26.4. The van der Waals surface area contributed by atoms with Gasteiger partial charge in [0.15, 0.2) is 34.6 Å². The molecule has 46 heavy (non-hydrogen) atoms. The van der Waals surface area contributed by atoms with E-state index in [4.69, 9.17) is 23.7 Å². The summed E-state index contributed by atoms with van der Waals surface area (Å²) in [6, 6.07) is 12.5. The van der Waals surface area contributed by atoms with Crippen LogP contribution in [0.5, 0.6) is 28.7 Å². The van der Waals surface area contributed by atoms with E-state index in [1.807, 2.05) is 12.3 Å². The number of pyridine rings is 1. The monoisotopic (exact) mass is 630 g/mol. The van der Waals surface area contributed by atoms with E-state index < -0.39 is 0 Å². The molecule has 1 fully saturated rings. The minimum Gasteiger partial charge on any atom is -0.504 e. The maximum Gasteiger partial charge on any atom is 0.163 e. The molecule has 2 aromatic carbocycles. The first-order valence-electron chi connectivity index (χ1n) is 15.4. The lowest BCUT2D eigenvalue weighted by atomic mass is 10.1. The highest BCUT2D eigenvalue weighted by Gasteiger charge is 2.14. The van der Waals surface area contributed by atoms with Gasteiger partial charge in [0.1, 0.15) is 19.0 Å². The number of rotatable bonds is 19. The fourth-order valence-electron chi connectivity index (χ4n) is 4.84. The molecular weight excluding hydrogens is 588 g/mol. The van der Waals surface area contributed by atoms with Gasteiger partial charge in [0, 0.05) is 18.8 Å². The number of benzene rings is 2. The van der Waals surface area contributed by atoms with Crippen molar-refractivity contribution >= 4 is 23.7 Å². The summed E-state index contributed by atoms with van der Waals surface area (Å²) < 4.78 is 28.0. The van der Waals surface area contributed by atoms with Gasteiger partial charge in [-0.15, -0.1) is 0 Å². The quantitative estimate of drug-likeness (QED) is 0.104. The Hall–Kier alpha value is -4.67. The van der Waals surface area contributed by atoms with E-state index in [1.165, 1.54) is 31.7 Å². The van der Waals surface area contributed by atoms with E-state index >= 15 is 0 Å². The van der Waals surface area contributed by atoms with Crippen LogP contribution in [-0.4, -0.2) is 74.9 Å². The number of aromatic hydroxyl groups is 1. The van der Waals surface area contributed by atoms with Gasteiger partial charge in [-0.2, -0.15) is 0 Å². The summed E-state index contributed by atoms with van der Waals surface area (Å²) in [5, 5.41) is 13.1. The molecule has 244 valence electrons. The van der Waals surface area contributed by atoms with E-state index in [0.29, 0.717) is 55.3 Å². The summed E-state index contributed by atoms with van der Waals surface area (Å²) in [5.74, 6) is 1.53. The lowest BCUT2D eigenvalue weighted by molar-refractivity contribution is -0.121. The fourth-order valence-corrected chi connectivity index (χ4v) is 4.84. The number of aromatic nitrogens is 1. The van der Waals surface area contributed by atoms with Gasteiger partial charge in [0.25, 0.3) is 0 Å². The molecule has 0 radical (unpaired) electrons. The summed E-state index contributed by atoms with van der Waals surface area (Å²) in [6.07, 6.45) is 13.3. The highest BCUT2D eigenvalue weighted by atomic mass is 16.5. The second-order valence-electron chi connectivity index (χ2n) is 10.8. The Balaban J connectivity index is 1.13. The minimum atomic E-state index is -0.339. The van der Waals surface area contributed by atoms with Crippen molar-refractivity contribution in [1.29, 1.82) is 0 Å². The van der Waals surface area contributed by atoms with Crippen LogP contribution in [-0.2, 0) is 20.7 Å². The van der Waals surface area contributed by atoms with E-state index in [-0.39, 0.29) is 23.7 Å². The minimum absolute atomic E-state index is 0.00728. The van der Waals surface area contributed by atoms with Crippen LogP contribution in [0.2, 0.25) is 0 Å². The molecule has 10 heteroatoms. The molecule has 2 heterocycles. The van der Waals surface area contributed by atoms with Gasteiger partial charge < -0.3 is 34.1 Å². The second kappa shape index (κ2) is 18.3. The molecule has 10 nitrogen and oxygen atoms in total. The van der Waals surface area contributed by atoms with Gasteiger partial charge >= 0.3 is 0 Å². The van der Waals surface area contributed by atoms with Crippen molar-refractivity contribution in [3.8, 4) is 28.7 Å². The highest BCUT2D eigenvalue weighted by Crippen LogP contribution is 2.29. The average molecular weight is 631 g/mol. The third-order valence-corrected chi connectivity index (χ3v) is 7.29. The van der Waals surface area contributed by atoms with Crippen molar-refractivity contribution in [3.63, 3.8) is 0 Å². The Labute approximate surface area is 270 Å². The van der Waals surface area contributed by atoms with Gasteiger partial charge in [0.2, 0.25) is 0 Å². The second-order valence-corrected chi connectivity index (χ2v) is 10.8. The molecule has 4 rings (SSSR count). The molecule has 0 saturated carbocycles. The predicted molar refractivity (Wildman–Crippen MR) is 176 cm³/mol. The molecule has 3 aromatic rings. The maximum absolute atomic E-state index is 12.3. The lowest BCUT2D eigenvalue weighted by Crippen LogP contribution is -2.28. The summed E-state index contributed by atoms with van der Waals surface area (Å²) in [4.78, 5) is 28.9. The van der Waals surface area contributed by atoms with Crippen LogP contribution < -0.4 is 24.3 Å². The Morgan fingerprint density at radius 1 is 0.891 bits per heavy atom. The summed E-state index contributed by atoms with van der Waals surface area (Å²) >= 11 is 0. The van der Waals surface area contributed by atoms with E-state index in [2.05, 4.69) is 10.3 Å². The van der Waals surface area contributed by atoms with Crippen LogP contribution in [0.4, 0.5) is 0 Å². The third kappa shape index (κ3) is 11.4. The van der Waals surface area contributed by atoms with Crippen LogP contribution in [0.1, 0.15) is 42.4 Å². The van der Waals surface area contributed by atoms with Crippen LogP contribution in [0, 0.1) is 0 Å². The summed E-state index contributed by atoms with van der Waals surface area (Å²) in [7, 11) is 2.99. The molecular formula is C36H42N2O8. The van der Waals surface area contributed by atoms with E-state index in [9.17, 15) is 14.7 Å². The largest absolute Gasteiger partial charge is 0.504 e. The number of ether oxygens (including phenoxy) is 5. The number of phenols is 1. The number of allylic oxidation sites excluding steroid dienone is 2. The fraction of sp³-hybridized carbons (Fsp3) is 0.361. The number of methoxy groups -OCH3 is 2. The van der Waals surface area contributed by atoms with Gasteiger partial charge in [-0.05, 0) is 91.4 Å². The van der Waals surface area contributed by atoms with Gasteiger partial charge in [0.05, 0.1) is 33.4 Å². The van der Waals surface area contributed by atoms with Gasteiger partial charge in [-0.3, -0.25) is 14.6 Å². The molecule has 0 amide bonds. The number of carbonyl (C=O) groups is 2. The molecule has 0 aliphatic carbocycles. The molecule has 0 bridgehead atoms. The summed E-state index contributed by atoms with van der Waals surface area (Å²) in [6.45, 7) is 3.11. The number of nitrogens with zero attached hydrogens (tertiary/aromatic N) is 1. The number of ketones is 2. The summed E-state index contributed by atoms with van der Waals surface area (Å²) in [5.41, 5.74) is 2.51.